The lowest BCUT2D eigenvalue weighted by atomic mass is 10.0. The number of rotatable bonds is 49. The Morgan fingerprint density at radius 1 is 0.318 bits per heavy atom. The number of carbonyl (C=O) groups excluding carboxylic acids is 3. The molecular formula is C60H102O6. The van der Waals surface area contributed by atoms with Crippen LogP contribution < -0.4 is 0 Å². The van der Waals surface area contributed by atoms with Crippen LogP contribution in [0.5, 0.6) is 0 Å². The molecule has 6 nitrogen and oxygen atoms in total. The third-order valence-electron chi connectivity index (χ3n) is 11.6. The minimum Gasteiger partial charge on any atom is -0.462 e. The Morgan fingerprint density at radius 2 is 0.621 bits per heavy atom. The van der Waals surface area contributed by atoms with Crippen LogP contribution >= 0.6 is 0 Å². The standard InChI is InChI=1S/C60H102O6/c1-4-7-10-13-16-19-22-25-28-29-30-31-33-35-38-41-44-47-50-53-59(62)65-56-57(55-64-58(61)52-49-46-43-40-37-34-27-24-21-18-15-12-9-6-3)66-60(63)54-51-48-45-42-39-36-32-26-23-20-17-14-11-8-5-2/h7,10,16,19,24-25,27-28,30-31,35,38,44,47,57H,4-6,8-9,11-15,17-18,20-23,26,29,32-34,36-37,39-43,45-46,48-56H2,1-3H3/b10-7+,19-16+,27-24+,28-25+,31-30+,38-35+,47-44+/t57-/m1/s1. The van der Waals surface area contributed by atoms with E-state index in [9.17, 15) is 14.4 Å². The van der Waals surface area contributed by atoms with Gasteiger partial charge in [0.1, 0.15) is 13.2 Å². The number of hydrogen-bond acceptors (Lipinski definition) is 6. The van der Waals surface area contributed by atoms with Crippen molar-refractivity contribution in [3.63, 3.8) is 0 Å². The normalized spacial score (nSPS) is 12.7. The third kappa shape index (κ3) is 51.6. The zero-order valence-corrected chi connectivity index (χ0v) is 43.2. The highest BCUT2D eigenvalue weighted by Gasteiger charge is 2.19. The summed E-state index contributed by atoms with van der Waals surface area (Å²) in [4.78, 5) is 38.0. The van der Waals surface area contributed by atoms with Crippen LogP contribution in [-0.4, -0.2) is 37.2 Å². The van der Waals surface area contributed by atoms with Crippen LogP contribution in [0.3, 0.4) is 0 Å². The summed E-state index contributed by atoms with van der Waals surface area (Å²) in [5, 5.41) is 0. The second-order valence-electron chi connectivity index (χ2n) is 18.1. The molecule has 0 bridgehead atoms. The van der Waals surface area contributed by atoms with Crippen molar-refractivity contribution in [2.75, 3.05) is 13.2 Å². The summed E-state index contributed by atoms with van der Waals surface area (Å²) in [6, 6.07) is 0. The first-order valence-corrected chi connectivity index (χ1v) is 27.6. The van der Waals surface area contributed by atoms with Crippen LogP contribution in [-0.2, 0) is 28.6 Å². The van der Waals surface area contributed by atoms with E-state index in [4.69, 9.17) is 14.2 Å². The highest BCUT2D eigenvalue weighted by molar-refractivity contribution is 5.71. The lowest BCUT2D eigenvalue weighted by Crippen LogP contribution is -2.30. The van der Waals surface area contributed by atoms with Gasteiger partial charge in [0.15, 0.2) is 6.10 Å². The van der Waals surface area contributed by atoms with Gasteiger partial charge in [0.05, 0.1) is 0 Å². The largest absolute Gasteiger partial charge is 0.462 e. The smallest absolute Gasteiger partial charge is 0.306 e. The van der Waals surface area contributed by atoms with Crippen molar-refractivity contribution in [1.82, 2.24) is 0 Å². The quantitative estimate of drug-likeness (QED) is 0.0262. The van der Waals surface area contributed by atoms with Crippen molar-refractivity contribution in [3.05, 3.63) is 85.1 Å². The highest BCUT2D eigenvalue weighted by Crippen LogP contribution is 2.15. The summed E-state index contributed by atoms with van der Waals surface area (Å²) in [6.07, 6.45) is 70.1. The molecule has 0 radical (unpaired) electrons. The predicted octanol–water partition coefficient (Wildman–Crippen LogP) is 18.4. The Hall–Kier alpha value is -3.41. The van der Waals surface area contributed by atoms with Gasteiger partial charge < -0.3 is 14.2 Å². The fourth-order valence-corrected chi connectivity index (χ4v) is 7.52. The van der Waals surface area contributed by atoms with Gasteiger partial charge in [-0.25, -0.2) is 0 Å². The second-order valence-corrected chi connectivity index (χ2v) is 18.1. The van der Waals surface area contributed by atoms with E-state index in [1.807, 2.05) is 6.08 Å². The molecule has 0 aromatic rings. The predicted molar refractivity (Wildman–Crippen MR) is 284 cm³/mol. The Kier molecular flexibility index (Phi) is 51.4. The van der Waals surface area contributed by atoms with Crippen LogP contribution in [0.2, 0.25) is 0 Å². The molecule has 0 saturated heterocycles. The number of esters is 3. The van der Waals surface area contributed by atoms with Gasteiger partial charge in [-0.2, -0.15) is 0 Å². The molecule has 1 atom stereocenters. The number of unbranched alkanes of at least 4 members (excludes halogenated alkanes) is 24. The average molecular weight is 919 g/mol. The molecule has 0 spiro atoms. The zero-order valence-electron chi connectivity index (χ0n) is 43.2. The van der Waals surface area contributed by atoms with E-state index in [1.54, 1.807) is 0 Å². The van der Waals surface area contributed by atoms with Gasteiger partial charge in [0.2, 0.25) is 0 Å². The van der Waals surface area contributed by atoms with Crippen LogP contribution in [0.1, 0.15) is 258 Å². The molecule has 378 valence electrons. The van der Waals surface area contributed by atoms with E-state index in [2.05, 4.69) is 99.8 Å². The van der Waals surface area contributed by atoms with Crippen LogP contribution in [0.25, 0.3) is 0 Å². The summed E-state index contributed by atoms with van der Waals surface area (Å²) < 4.78 is 16.8. The number of carbonyl (C=O) groups is 3. The summed E-state index contributed by atoms with van der Waals surface area (Å²) >= 11 is 0. The topological polar surface area (TPSA) is 78.9 Å². The molecule has 6 heteroatoms. The van der Waals surface area contributed by atoms with Gasteiger partial charge in [0, 0.05) is 19.3 Å². The first-order valence-electron chi connectivity index (χ1n) is 27.6. The first kappa shape index (κ1) is 62.6. The Bertz CT molecular complexity index is 1290. The van der Waals surface area contributed by atoms with Gasteiger partial charge in [-0.15, -0.1) is 0 Å². The fourth-order valence-electron chi connectivity index (χ4n) is 7.52. The molecule has 0 N–H and O–H groups in total. The Morgan fingerprint density at radius 3 is 1.02 bits per heavy atom. The minimum absolute atomic E-state index is 0.102. The van der Waals surface area contributed by atoms with Crippen molar-refractivity contribution < 1.29 is 28.6 Å². The van der Waals surface area contributed by atoms with Gasteiger partial charge >= 0.3 is 17.9 Å². The fraction of sp³-hybridized carbons (Fsp3) is 0.717. The molecule has 0 rings (SSSR count). The summed E-state index contributed by atoms with van der Waals surface area (Å²) in [6.45, 7) is 6.45. The van der Waals surface area contributed by atoms with E-state index in [1.165, 1.54) is 128 Å². The first-order chi connectivity index (χ1) is 32.5. The highest BCUT2D eigenvalue weighted by atomic mass is 16.6. The summed E-state index contributed by atoms with van der Waals surface area (Å²) in [7, 11) is 0. The van der Waals surface area contributed by atoms with E-state index in [-0.39, 0.29) is 37.5 Å². The monoisotopic (exact) mass is 919 g/mol. The van der Waals surface area contributed by atoms with E-state index >= 15 is 0 Å². The van der Waals surface area contributed by atoms with Gasteiger partial charge in [0.25, 0.3) is 0 Å². The van der Waals surface area contributed by atoms with Crippen molar-refractivity contribution >= 4 is 17.9 Å². The Labute approximate surface area is 407 Å². The second kappa shape index (κ2) is 54.2. The molecule has 0 aliphatic carbocycles. The third-order valence-corrected chi connectivity index (χ3v) is 11.6. The van der Waals surface area contributed by atoms with Gasteiger partial charge in [-0.1, -0.05) is 241 Å². The van der Waals surface area contributed by atoms with E-state index in [0.717, 1.165) is 83.5 Å². The van der Waals surface area contributed by atoms with E-state index in [0.29, 0.717) is 19.3 Å². The van der Waals surface area contributed by atoms with Gasteiger partial charge in [-0.05, 0) is 83.5 Å². The van der Waals surface area contributed by atoms with Crippen LogP contribution in [0.4, 0.5) is 0 Å². The molecular weight excluding hydrogens is 817 g/mol. The lowest BCUT2D eigenvalue weighted by molar-refractivity contribution is -0.166. The van der Waals surface area contributed by atoms with Crippen molar-refractivity contribution in [1.29, 1.82) is 0 Å². The SMILES string of the molecule is CC/C=C/C/C=C/C/C=C/C/C=C/C/C=C/C/C=C/CCC(=O)OC[C@@H](COC(=O)CCCCCCC/C=C/CCCCCCC)OC(=O)CCCCCCCCCCCCCCCCC. The molecule has 0 aliphatic rings. The molecule has 0 aromatic carbocycles. The van der Waals surface area contributed by atoms with Crippen molar-refractivity contribution in [2.24, 2.45) is 0 Å². The maximum absolute atomic E-state index is 12.8. The molecule has 0 aromatic heterocycles. The van der Waals surface area contributed by atoms with Gasteiger partial charge in [-0.3, -0.25) is 14.4 Å². The Balaban J connectivity index is 4.49. The number of ether oxygens (including phenoxy) is 3. The summed E-state index contributed by atoms with van der Waals surface area (Å²) in [5.74, 6) is -0.992. The summed E-state index contributed by atoms with van der Waals surface area (Å²) in [5.41, 5.74) is 0. The molecule has 0 saturated carbocycles. The van der Waals surface area contributed by atoms with Crippen LogP contribution in [0, 0.1) is 0 Å². The average Bonchev–Trinajstić information content (AvgIpc) is 3.31. The molecule has 0 heterocycles. The van der Waals surface area contributed by atoms with Crippen molar-refractivity contribution in [2.45, 2.75) is 264 Å². The van der Waals surface area contributed by atoms with E-state index < -0.39 is 6.10 Å². The maximum atomic E-state index is 12.8. The number of allylic oxidation sites excluding steroid dienone is 14. The molecule has 0 unspecified atom stereocenters. The lowest BCUT2D eigenvalue weighted by Gasteiger charge is -2.18. The van der Waals surface area contributed by atoms with Crippen LogP contribution in [0.15, 0.2) is 85.1 Å². The number of hydrogen-bond donors (Lipinski definition) is 0. The van der Waals surface area contributed by atoms with Crippen molar-refractivity contribution in [3.8, 4) is 0 Å². The molecule has 0 aliphatic heterocycles. The molecule has 0 amide bonds. The maximum Gasteiger partial charge on any atom is 0.306 e. The molecule has 0 fully saturated rings. The molecule has 66 heavy (non-hydrogen) atoms. The minimum atomic E-state index is -0.808. The zero-order chi connectivity index (χ0) is 47.9.